The fourth-order valence-electron chi connectivity index (χ4n) is 3.84. The summed E-state index contributed by atoms with van der Waals surface area (Å²) in [6.07, 6.45) is 0. The Labute approximate surface area is 191 Å². The number of nitrogens with one attached hydrogen (secondary N) is 1. The van der Waals surface area contributed by atoms with E-state index in [1.165, 1.54) is 17.7 Å². The minimum Gasteiger partial charge on any atom is -0.337 e. The molecule has 0 aliphatic rings. The lowest BCUT2D eigenvalue weighted by Gasteiger charge is -2.06. The zero-order chi connectivity index (χ0) is 22.8. The van der Waals surface area contributed by atoms with Gasteiger partial charge in [-0.2, -0.15) is 0 Å². The number of nitro benzene ring substituents is 1. The standard InChI is InChI=1S/C28H21N3O2/c1-19-7-9-24(10-8-19)28-29-26(22-5-3-2-4-6-22)27(30-28)23-13-11-20(12-14-23)21-15-17-25(18-16-21)31(32)33/h2-18H,1H3,(H,29,30). The topological polar surface area (TPSA) is 71.8 Å². The van der Waals surface area contributed by atoms with Crippen LogP contribution in [-0.4, -0.2) is 14.9 Å². The van der Waals surface area contributed by atoms with Crippen molar-refractivity contribution >= 4 is 5.69 Å². The first-order chi connectivity index (χ1) is 16.1. The third kappa shape index (κ3) is 4.16. The fraction of sp³-hybridized carbons (Fsp3) is 0.0357. The average molecular weight is 431 g/mol. The Balaban J connectivity index is 1.55. The number of benzene rings is 4. The highest BCUT2D eigenvalue weighted by atomic mass is 16.6. The SMILES string of the molecule is Cc1ccc(-c2nc(-c3ccccc3)c(-c3ccc(-c4ccc([N+](=O)[O-])cc4)cc3)[nH]2)cc1. The highest BCUT2D eigenvalue weighted by Gasteiger charge is 2.15. The molecule has 0 bridgehead atoms. The summed E-state index contributed by atoms with van der Waals surface area (Å²) in [7, 11) is 0. The van der Waals surface area contributed by atoms with Crippen LogP contribution < -0.4 is 0 Å². The van der Waals surface area contributed by atoms with Crippen molar-refractivity contribution in [2.45, 2.75) is 6.92 Å². The second-order valence-corrected chi connectivity index (χ2v) is 7.92. The number of hydrogen-bond acceptors (Lipinski definition) is 3. The summed E-state index contributed by atoms with van der Waals surface area (Å²) in [6, 6.07) is 33.2. The molecule has 5 nitrogen and oxygen atoms in total. The highest BCUT2D eigenvalue weighted by molar-refractivity contribution is 5.82. The van der Waals surface area contributed by atoms with Crippen LogP contribution in [0.1, 0.15) is 5.56 Å². The maximum Gasteiger partial charge on any atom is 0.269 e. The predicted octanol–water partition coefficient (Wildman–Crippen LogP) is 7.29. The summed E-state index contributed by atoms with van der Waals surface area (Å²) in [5, 5.41) is 10.9. The molecule has 0 atom stereocenters. The third-order valence-corrected chi connectivity index (χ3v) is 5.66. The molecule has 5 rings (SSSR count). The van der Waals surface area contributed by atoms with Crippen LogP contribution in [0.25, 0.3) is 45.0 Å². The van der Waals surface area contributed by atoms with E-state index in [1.807, 2.05) is 30.3 Å². The first-order valence-corrected chi connectivity index (χ1v) is 10.7. The van der Waals surface area contributed by atoms with Crippen LogP contribution in [0.15, 0.2) is 103 Å². The average Bonchev–Trinajstić information content (AvgIpc) is 3.31. The summed E-state index contributed by atoms with van der Waals surface area (Å²) in [5.41, 5.74) is 8.16. The lowest BCUT2D eigenvalue weighted by atomic mass is 10.0. The molecule has 0 amide bonds. The van der Waals surface area contributed by atoms with Gasteiger partial charge in [-0.3, -0.25) is 10.1 Å². The van der Waals surface area contributed by atoms with Gasteiger partial charge in [-0.05, 0) is 30.2 Å². The van der Waals surface area contributed by atoms with Gasteiger partial charge in [-0.25, -0.2) is 4.98 Å². The van der Waals surface area contributed by atoms with Crippen LogP contribution in [0.3, 0.4) is 0 Å². The minimum absolute atomic E-state index is 0.0870. The number of aromatic nitrogens is 2. The van der Waals surface area contributed by atoms with E-state index in [9.17, 15) is 10.1 Å². The first-order valence-electron chi connectivity index (χ1n) is 10.7. The molecule has 0 aliphatic heterocycles. The number of rotatable bonds is 5. The first kappa shape index (κ1) is 20.4. The van der Waals surface area contributed by atoms with Crippen molar-refractivity contribution in [3.8, 4) is 45.0 Å². The second kappa shape index (κ2) is 8.55. The van der Waals surface area contributed by atoms with E-state index in [0.29, 0.717) is 0 Å². The minimum atomic E-state index is -0.387. The van der Waals surface area contributed by atoms with E-state index < -0.39 is 0 Å². The molecule has 0 spiro atoms. The number of nitro groups is 1. The molecule has 1 aromatic heterocycles. The Hall–Kier alpha value is -4.51. The largest absolute Gasteiger partial charge is 0.337 e. The smallest absolute Gasteiger partial charge is 0.269 e. The normalized spacial score (nSPS) is 10.8. The predicted molar refractivity (Wildman–Crippen MR) is 132 cm³/mol. The summed E-state index contributed by atoms with van der Waals surface area (Å²) in [6.45, 7) is 2.07. The lowest BCUT2D eigenvalue weighted by Crippen LogP contribution is -1.87. The van der Waals surface area contributed by atoms with Gasteiger partial charge in [-0.15, -0.1) is 0 Å². The monoisotopic (exact) mass is 431 g/mol. The molecule has 4 aromatic carbocycles. The van der Waals surface area contributed by atoms with E-state index in [2.05, 4.69) is 60.4 Å². The van der Waals surface area contributed by atoms with Crippen molar-refractivity contribution in [3.63, 3.8) is 0 Å². The molecule has 1 heterocycles. The van der Waals surface area contributed by atoms with E-state index in [0.717, 1.165) is 45.0 Å². The van der Waals surface area contributed by atoms with Gasteiger partial charge < -0.3 is 4.98 Å². The molecule has 33 heavy (non-hydrogen) atoms. The second-order valence-electron chi connectivity index (χ2n) is 7.92. The van der Waals surface area contributed by atoms with Gasteiger partial charge in [-0.1, -0.05) is 84.4 Å². The molecule has 0 saturated heterocycles. The van der Waals surface area contributed by atoms with E-state index >= 15 is 0 Å². The van der Waals surface area contributed by atoms with Crippen LogP contribution >= 0.6 is 0 Å². The number of aryl methyl sites for hydroxylation is 1. The van der Waals surface area contributed by atoms with Crippen molar-refractivity contribution in [3.05, 3.63) is 119 Å². The van der Waals surface area contributed by atoms with Gasteiger partial charge >= 0.3 is 0 Å². The molecule has 0 fully saturated rings. The molecule has 5 heteroatoms. The van der Waals surface area contributed by atoms with E-state index in [1.54, 1.807) is 12.1 Å². The molecule has 160 valence electrons. The molecule has 0 aliphatic carbocycles. The molecule has 0 unspecified atom stereocenters. The van der Waals surface area contributed by atoms with E-state index in [-0.39, 0.29) is 10.6 Å². The van der Waals surface area contributed by atoms with Crippen LogP contribution in [0.4, 0.5) is 5.69 Å². The summed E-state index contributed by atoms with van der Waals surface area (Å²) in [5.74, 6) is 0.822. The Kier molecular flexibility index (Phi) is 5.29. The zero-order valence-corrected chi connectivity index (χ0v) is 18.0. The zero-order valence-electron chi connectivity index (χ0n) is 18.0. The van der Waals surface area contributed by atoms with Gasteiger partial charge in [0, 0.05) is 28.8 Å². The number of imidazole rings is 1. The fourth-order valence-corrected chi connectivity index (χ4v) is 3.84. The van der Waals surface area contributed by atoms with Crippen LogP contribution in [0, 0.1) is 17.0 Å². The highest BCUT2D eigenvalue weighted by Crippen LogP contribution is 2.34. The number of H-pyrrole nitrogens is 1. The summed E-state index contributed by atoms with van der Waals surface area (Å²) >= 11 is 0. The Morgan fingerprint density at radius 3 is 1.82 bits per heavy atom. The van der Waals surface area contributed by atoms with Crippen molar-refractivity contribution in [2.75, 3.05) is 0 Å². The summed E-state index contributed by atoms with van der Waals surface area (Å²) < 4.78 is 0. The molecular weight excluding hydrogens is 410 g/mol. The number of nitrogens with zero attached hydrogens (tertiary/aromatic N) is 2. The number of hydrogen-bond donors (Lipinski definition) is 1. The van der Waals surface area contributed by atoms with E-state index in [4.69, 9.17) is 4.98 Å². The van der Waals surface area contributed by atoms with Gasteiger partial charge in [0.25, 0.3) is 5.69 Å². The summed E-state index contributed by atoms with van der Waals surface area (Å²) in [4.78, 5) is 19.0. The van der Waals surface area contributed by atoms with Crippen LogP contribution in [-0.2, 0) is 0 Å². The third-order valence-electron chi connectivity index (χ3n) is 5.66. The van der Waals surface area contributed by atoms with Crippen molar-refractivity contribution in [1.29, 1.82) is 0 Å². The van der Waals surface area contributed by atoms with Gasteiger partial charge in [0.1, 0.15) is 5.82 Å². The number of aromatic amines is 1. The molecule has 0 saturated carbocycles. The molecule has 1 N–H and O–H groups in total. The molecule has 5 aromatic rings. The van der Waals surface area contributed by atoms with Crippen LogP contribution in [0.5, 0.6) is 0 Å². The maximum absolute atomic E-state index is 10.9. The van der Waals surface area contributed by atoms with Crippen LogP contribution in [0.2, 0.25) is 0 Å². The Bertz CT molecular complexity index is 1400. The number of non-ortho nitro benzene ring substituents is 1. The van der Waals surface area contributed by atoms with Gasteiger partial charge in [0.05, 0.1) is 16.3 Å². The quantitative estimate of drug-likeness (QED) is 0.234. The van der Waals surface area contributed by atoms with Gasteiger partial charge in [0.2, 0.25) is 0 Å². The Morgan fingerprint density at radius 1 is 0.667 bits per heavy atom. The molecular formula is C28H21N3O2. The van der Waals surface area contributed by atoms with Crippen molar-refractivity contribution < 1.29 is 4.92 Å². The Morgan fingerprint density at radius 2 is 1.21 bits per heavy atom. The lowest BCUT2D eigenvalue weighted by molar-refractivity contribution is -0.384. The van der Waals surface area contributed by atoms with Crippen molar-refractivity contribution in [1.82, 2.24) is 9.97 Å². The maximum atomic E-state index is 10.9. The van der Waals surface area contributed by atoms with Gasteiger partial charge in [0.15, 0.2) is 0 Å². The molecule has 0 radical (unpaired) electrons. The van der Waals surface area contributed by atoms with Crippen molar-refractivity contribution in [2.24, 2.45) is 0 Å².